The topological polar surface area (TPSA) is 52.3 Å². The molecule has 14 heavy (non-hydrogen) atoms. The molecule has 5 heteroatoms. The van der Waals surface area contributed by atoms with Gasteiger partial charge < -0.3 is 10.5 Å². The first-order valence-corrected chi connectivity index (χ1v) is 4.35. The number of nitrogen functional groups attached to an aromatic ring is 1. The normalized spacial score (nSPS) is 9.93. The Hall–Kier alpha value is -1.29. The minimum Gasteiger partial charge on any atom is -0.494 e. The fourth-order valence-corrected chi connectivity index (χ4v) is 1.19. The molecule has 0 heterocycles. The third-order valence-electron chi connectivity index (χ3n) is 1.70. The van der Waals surface area contributed by atoms with Gasteiger partial charge in [0.1, 0.15) is 0 Å². The maximum absolute atomic E-state index is 13.4. The summed E-state index contributed by atoms with van der Waals surface area (Å²) in [5, 5.41) is 0. The van der Waals surface area contributed by atoms with Crippen molar-refractivity contribution in [3.05, 3.63) is 23.5 Å². The van der Waals surface area contributed by atoms with Crippen LogP contribution in [0.2, 0.25) is 0 Å². The summed E-state index contributed by atoms with van der Waals surface area (Å²) in [6, 6.07) is 2.54. The molecule has 0 radical (unpaired) electrons. The number of Topliss-reactive ketones (excluding diaryl/α,β-unsaturated/α-hetero) is 1. The zero-order valence-corrected chi connectivity index (χ0v) is 8.27. The lowest BCUT2D eigenvalue weighted by Gasteiger charge is -2.06. The molecule has 0 amide bonds. The summed E-state index contributed by atoms with van der Waals surface area (Å²) in [6.07, 6.45) is 0. The number of ether oxygens (including phenoxy) is 1. The summed E-state index contributed by atoms with van der Waals surface area (Å²) in [5.41, 5.74) is 5.57. The predicted molar refractivity (Wildman–Crippen MR) is 52.4 cm³/mol. The van der Waals surface area contributed by atoms with E-state index in [-0.39, 0.29) is 22.9 Å². The van der Waals surface area contributed by atoms with Gasteiger partial charge in [-0.2, -0.15) is 0 Å². The van der Waals surface area contributed by atoms with Gasteiger partial charge in [-0.1, -0.05) is 0 Å². The molecule has 0 unspecified atom stereocenters. The van der Waals surface area contributed by atoms with Crippen molar-refractivity contribution in [3.8, 4) is 5.75 Å². The second-order valence-electron chi connectivity index (χ2n) is 2.64. The molecule has 76 valence electrons. The lowest BCUT2D eigenvalue weighted by molar-refractivity contribution is 0.101. The van der Waals surface area contributed by atoms with Crippen LogP contribution in [0.4, 0.5) is 10.1 Å². The van der Waals surface area contributed by atoms with Gasteiger partial charge in [-0.05, 0) is 6.07 Å². The van der Waals surface area contributed by atoms with Crippen molar-refractivity contribution in [1.29, 1.82) is 0 Å². The molecule has 0 atom stereocenters. The summed E-state index contributed by atoms with van der Waals surface area (Å²) in [7, 11) is 1.30. The van der Waals surface area contributed by atoms with E-state index in [1.807, 2.05) is 0 Å². The second-order valence-corrected chi connectivity index (χ2v) is 2.91. The van der Waals surface area contributed by atoms with E-state index in [1.54, 1.807) is 0 Å². The average Bonchev–Trinajstić information content (AvgIpc) is 2.19. The third-order valence-corrected chi connectivity index (χ3v) is 1.95. The fourth-order valence-electron chi connectivity index (χ4n) is 1.04. The number of carbonyl (C=O) groups is 1. The number of carbonyl (C=O) groups excluding carboxylic acids is 1. The monoisotopic (exact) mass is 217 g/mol. The molecule has 0 fully saturated rings. The maximum Gasteiger partial charge on any atom is 0.180 e. The first-order chi connectivity index (χ1) is 6.60. The SMILES string of the molecule is COc1cc(N)cc(C(=O)CCl)c1F. The van der Waals surface area contributed by atoms with Crippen molar-refractivity contribution in [2.45, 2.75) is 0 Å². The third kappa shape index (κ3) is 1.96. The van der Waals surface area contributed by atoms with Crippen molar-refractivity contribution in [3.63, 3.8) is 0 Å². The van der Waals surface area contributed by atoms with Crippen molar-refractivity contribution >= 4 is 23.1 Å². The first-order valence-electron chi connectivity index (χ1n) is 3.82. The number of anilines is 1. The Morgan fingerprint density at radius 1 is 1.64 bits per heavy atom. The van der Waals surface area contributed by atoms with Crippen LogP contribution < -0.4 is 10.5 Å². The van der Waals surface area contributed by atoms with Gasteiger partial charge >= 0.3 is 0 Å². The van der Waals surface area contributed by atoms with E-state index < -0.39 is 11.6 Å². The smallest absolute Gasteiger partial charge is 0.180 e. The Labute approximate surface area is 85.6 Å². The number of hydrogen-bond acceptors (Lipinski definition) is 3. The van der Waals surface area contributed by atoms with Gasteiger partial charge in [-0.15, -0.1) is 11.6 Å². The number of benzene rings is 1. The van der Waals surface area contributed by atoms with Gasteiger partial charge in [0.05, 0.1) is 18.6 Å². The van der Waals surface area contributed by atoms with Crippen LogP contribution in [0, 0.1) is 5.82 Å². The molecule has 0 spiro atoms. The summed E-state index contributed by atoms with van der Waals surface area (Å²) < 4.78 is 18.1. The van der Waals surface area contributed by atoms with Crippen LogP contribution >= 0.6 is 11.6 Å². The van der Waals surface area contributed by atoms with Crippen molar-refractivity contribution in [1.82, 2.24) is 0 Å². The minimum absolute atomic E-state index is 0.0570. The van der Waals surface area contributed by atoms with Gasteiger partial charge in [0.25, 0.3) is 0 Å². The van der Waals surface area contributed by atoms with Crippen LogP contribution in [0.3, 0.4) is 0 Å². The Kier molecular flexibility index (Phi) is 3.30. The molecule has 1 aromatic rings. The Morgan fingerprint density at radius 2 is 2.29 bits per heavy atom. The molecule has 0 aliphatic carbocycles. The van der Waals surface area contributed by atoms with Crippen molar-refractivity contribution < 1.29 is 13.9 Å². The molecule has 3 nitrogen and oxygen atoms in total. The molecular formula is C9H9ClFNO2. The Bertz CT molecular complexity index is 368. The van der Waals surface area contributed by atoms with Crippen LogP contribution in [0.15, 0.2) is 12.1 Å². The summed E-state index contributed by atoms with van der Waals surface area (Å²) in [5.74, 6) is -1.59. The standard InChI is InChI=1S/C9H9ClFNO2/c1-14-8-3-5(12)2-6(9(8)11)7(13)4-10/h2-3H,4,12H2,1H3. The van der Waals surface area contributed by atoms with E-state index in [0.29, 0.717) is 0 Å². The molecule has 2 N–H and O–H groups in total. The van der Waals surface area contributed by atoms with E-state index in [9.17, 15) is 9.18 Å². The quantitative estimate of drug-likeness (QED) is 0.478. The van der Waals surface area contributed by atoms with Crippen LogP contribution in [0.25, 0.3) is 0 Å². The average molecular weight is 218 g/mol. The zero-order chi connectivity index (χ0) is 10.7. The molecule has 0 aliphatic heterocycles. The number of nitrogens with two attached hydrogens (primary N) is 1. The largest absolute Gasteiger partial charge is 0.494 e. The molecule has 1 aromatic carbocycles. The Morgan fingerprint density at radius 3 is 2.79 bits per heavy atom. The van der Waals surface area contributed by atoms with E-state index in [1.165, 1.54) is 19.2 Å². The van der Waals surface area contributed by atoms with Crippen LogP contribution in [0.5, 0.6) is 5.75 Å². The van der Waals surface area contributed by atoms with Gasteiger partial charge in [-0.3, -0.25) is 4.79 Å². The van der Waals surface area contributed by atoms with E-state index in [0.717, 1.165) is 0 Å². The van der Waals surface area contributed by atoms with E-state index in [4.69, 9.17) is 22.1 Å². The minimum atomic E-state index is -0.729. The molecule has 0 saturated carbocycles. The Balaban J connectivity index is 3.29. The summed E-state index contributed by atoms with van der Waals surface area (Å²) in [4.78, 5) is 11.2. The summed E-state index contributed by atoms with van der Waals surface area (Å²) in [6.45, 7) is 0. The van der Waals surface area contributed by atoms with Crippen molar-refractivity contribution in [2.24, 2.45) is 0 Å². The number of halogens is 2. The highest BCUT2D eigenvalue weighted by Gasteiger charge is 2.15. The van der Waals surface area contributed by atoms with E-state index >= 15 is 0 Å². The molecular weight excluding hydrogens is 209 g/mol. The lowest BCUT2D eigenvalue weighted by atomic mass is 10.1. The molecule has 0 bridgehead atoms. The maximum atomic E-state index is 13.4. The number of ketones is 1. The van der Waals surface area contributed by atoms with Crippen LogP contribution in [-0.2, 0) is 0 Å². The highest BCUT2D eigenvalue weighted by atomic mass is 35.5. The molecule has 0 aromatic heterocycles. The summed E-state index contributed by atoms with van der Waals surface area (Å²) >= 11 is 5.31. The van der Waals surface area contributed by atoms with Crippen molar-refractivity contribution in [2.75, 3.05) is 18.7 Å². The molecule has 0 aliphatic rings. The first kappa shape index (κ1) is 10.8. The fraction of sp³-hybridized carbons (Fsp3) is 0.222. The predicted octanol–water partition coefficient (Wildman–Crippen LogP) is 1.84. The highest BCUT2D eigenvalue weighted by Crippen LogP contribution is 2.24. The van der Waals surface area contributed by atoms with Gasteiger partial charge in [-0.25, -0.2) is 4.39 Å². The van der Waals surface area contributed by atoms with Gasteiger partial charge in [0.2, 0.25) is 0 Å². The highest BCUT2D eigenvalue weighted by molar-refractivity contribution is 6.30. The van der Waals surface area contributed by atoms with Crippen LogP contribution in [-0.4, -0.2) is 18.8 Å². The van der Waals surface area contributed by atoms with Gasteiger partial charge in [0.15, 0.2) is 17.3 Å². The number of hydrogen-bond donors (Lipinski definition) is 1. The second kappa shape index (κ2) is 4.28. The van der Waals surface area contributed by atoms with Crippen LogP contribution in [0.1, 0.15) is 10.4 Å². The lowest BCUT2D eigenvalue weighted by Crippen LogP contribution is -2.06. The molecule has 1 rings (SSSR count). The van der Waals surface area contributed by atoms with Gasteiger partial charge in [0, 0.05) is 11.8 Å². The molecule has 0 saturated heterocycles. The van der Waals surface area contributed by atoms with E-state index in [2.05, 4.69) is 0 Å². The zero-order valence-electron chi connectivity index (χ0n) is 7.51. The number of rotatable bonds is 3. The number of alkyl halides is 1. The number of methoxy groups -OCH3 is 1.